The van der Waals surface area contributed by atoms with Crippen molar-refractivity contribution in [2.24, 2.45) is 0 Å². The molecule has 4 rings (SSSR count). The van der Waals surface area contributed by atoms with Crippen LogP contribution in [0.3, 0.4) is 0 Å². The number of halogens is 5. The van der Waals surface area contributed by atoms with Gasteiger partial charge in [0.2, 0.25) is 11.8 Å². The number of carbonyl (C=O) groups excluding carboxylic acids is 2. The Bertz CT molecular complexity index is 1310. The van der Waals surface area contributed by atoms with Crippen LogP contribution in [-0.2, 0) is 28.7 Å². The Morgan fingerprint density at radius 3 is 2.49 bits per heavy atom. The lowest BCUT2D eigenvalue weighted by Crippen LogP contribution is -2.58. The van der Waals surface area contributed by atoms with Gasteiger partial charge in [-0.3, -0.25) is 14.5 Å². The number of piperidine rings is 1. The van der Waals surface area contributed by atoms with Crippen LogP contribution in [0, 0.1) is 0 Å². The van der Waals surface area contributed by atoms with Gasteiger partial charge in [0.05, 0.1) is 29.7 Å². The maximum absolute atomic E-state index is 14.1. The molecule has 4 heterocycles. The standard InChI is InChI=1S/C26H30F5N5O4S/c1-24(2,3)36(23(39)40)15(12-35-14-25(27,28)8-6-19(35)37)11-20(38)34-9-7-16-17(13-34)32-22(18-5-4-10-41-18)33-21(16)26(29,30)31/h4-5,10,15H,6-9,11-14H2,1-3H3,(H,39,40)/t15-/m0/s1. The summed E-state index contributed by atoms with van der Waals surface area (Å²) in [5, 5.41) is 11.7. The van der Waals surface area contributed by atoms with Crippen molar-refractivity contribution in [3.8, 4) is 10.7 Å². The topological polar surface area (TPSA) is 107 Å². The minimum atomic E-state index is -4.74. The zero-order chi connectivity index (χ0) is 30.3. The van der Waals surface area contributed by atoms with Crippen LogP contribution in [0.5, 0.6) is 0 Å². The van der Waals surface area contributed by atoms with E-state index in [-0.39, 0.29) is 36.6 Å². The summed E-state index contributed by atoms with van der Waals surface area (Å²) in [6.45, 7) is 3.02. The smallest absolute Gasteiger partial charge is 0.433 e. The summed E-state index contributed by atoms with van der Waals surface area (Å²) in [5.74, 6) is -4.44. The number of thiophene rings is 1. The molecule has 1 saturated heterocycles. The molecule has 1 fully saturated rings. The molecule has 0 saturated carbocycles. The quantitative estimate of drug-likeness (QED) is 0.471. The lowest BCUT2D eigenvalue weighted by atomic mass is 9.98. The molecule has 1 atom stereocenters. The van der Waals surface area contributed by atoms with Crippen LogP contribution in [-0.4, -0.2) is 84.8 Å². The molecule has 3 amide bonds. The second kappa shape index (κ2) is 11.1. The number of rotatable bonds is 6. The fourth-order valence-corrected chi connectivity index (χ4v) is 5.93. The van der Waals surface area contributed by atoms with Crippen LogP contribution in [0.1, 0.15) is 57.0 Å². The van der Waals surface area contributed by atoms with Gasteiger partial charge in [0.15, 0.2) is 11.5 Å². The molecule has 0 spiro atoms. The van der Waals surface area contributed by atoms with E-state index in [0.29, 0.717) is 4.88 Å². The van der Waals surface area contributed by atoms with Crippen LogP contribution >= 0.6 is 11.3 Å². The molecule has 224 valence electrons. The molecule has 41 heavy (non-hydrogen) atoms. The average molecular weight is 604 g/mol. The van der Waals surface area contributed by atoms with Crippen molar-refractivity contribution in [3.63, 3.8) is 0 Å². The molecule has 2 aromatic rings. The number of carboxylic acid groups (broad SMARTS) is 1. The van der Waals surface area contributed by atoms with Crippen molar-refractivity contribution in [1.29, 1.82) is 0 Å². The Balaban J connectivity index is 1.62. The maximum Gasteiger partial charge on any atom is 0.433 e. The van der Waals surface area contributed by atoms with E-state index in [2.05, 4.69) is 9.97 Å². The molecule has 0 aromatic carbocycles. The maximum atomic E-state index is 14.1. The summed E-state index contributed by atoms with van der Waals surface area (Å²) in [4.78, 5) is 49.9. The fourth-order valence-electron chi connectivity index (χ4n) is 5.27. The number of hydrogen-bond donors (Lipinski definition) is 1. The van der Waals surface area contributed by atoms with E-state index in [1.165, 1.54) is 16.2 Å². The second-order valence-corrected chi connectivity index (χ2v) is 12.1. The largest absolute Gasteiger partial charge is 0.465 e. The second-order valence-electron chi connectivity index (χ2n) is 11.2. The number of nitrogens with zero attached hydrogens (tertiary/aromatic N) is 5. The van der Waals surface area contributed by atoms with Gasteiger partial charge in [-0.05, 0) is 38.6 Å². The van der Waals surface area contributed by atoms with Crippen LogP contribution in [0.2, 0.25) is 0 Å². The molecule has 2 aliphatic rings. The summed E-state index contributed by atoms with van der Waals surface area (Å²) in [6, 6.07) is 2.05. The summed E-state index contributed by atoms with van der Waals surface area (Å²) in [6.07, 6.45) is -7.82. The number of hydrogen-bond acceptors (Lipinski definition) is 6. The Hall–Kier alpha value is -3.36. The normalized spacial score (nSPS) is 18.2. The van der Waals surface area contributed by atoms with Gasteiger partial charge < -0.3 is 14.9 Å². The highest BCUT2D eigenvalue weighted by molar-refractivity contribution is 7.13. The first-order valence-corrected chi connectivity index (χ1v) is 13.8. The highest BCUT2D eigenvalue weighted by Crippen LogP contribution is 2.36. The molecular formula is C26H30F5N5O4S. The molecule has 2 aliphatic heterocycles. The lowest BCUT2D eigenvalue weighted by molar-refractivity contribution is -0.149. The third-order valence-corrected chi connectivity index (χ3v) is 7.91. The first-order valence-electron chi connectivity index (χ1n) is 12.9. The van der Waals surface area contributed by atoms with Crippen molar-refractivity contribution < 1.29 is 41.4 Å². The SMILES string of the molecule is CC(C)(C)N(C(=O)O)[C@@H](CC(=O)N1CCc2c(nc(-c3cccs3)nc2C(F)(F)F)C1)CN1CC(F)(F)CCC1=O. The highest BCUT2D eigenvalue weighted by atomic mass is 32.1. The van der Waals surface area contributed by atoms with E-state index in [4.69, 9.17) is 0 Å². The first kappa shape index (κ1) is 30.6. The third-order valence-electron chi connectivity index (χ3n) is 7.04. The molecule has 2 aromatic heterocycles. The van der Waals surface area contributed by atoms with E-state index in [0.717, 1.165) is 9.80 Å². The minimum absolute atomic E-state index is 0.0311. The first-order chi connectivity index (χ1) is 19.0. The molecule has 15 heteroatoms. The van der Waals surface area contributed by atoms with Gasteiger partial charge in [-0.2, -0.15) is 13.2 Å². The summed E-state index contributed by atoms with van der Waals surface area (Å²) in [5.41, 5.74) is -2.20. The number of fused-ring (bicyclic) bond motifs is 1. The predicted molar refractivity (Wildman–Crippen MR) is 138 cm³/mol. The molecule has 0 unspecified atom stereocenters. The number of aromatic nitrogens is 2. The molecule has 0 aliphatic carbocycles. The highest BCUT2D eigenvalue weighted by Gasteiger charge is 2.44. The third kappa shape index (κ3) is 6.93. The van der Waals surface area contributed by atoms with Gasteiger partial charge in [-0.25, -0.2) is 23.5 Å². The Morgan fingerprint density at radius 1 is 1.20 bits per heavy atom. The molecule has 9 nitrogen and oxygen atoms in total. The van der Waals surface area contributed by atoms with E-state index in [1.54, 1.807) is 38.3 Å². The van der Waals surface area contributed by atoms with Crippen molar-refractivity contribution in [1.82, 2.24) is 24.7 Å². The van der Waals surface area contributed by atoms with Crippen molar-refractivity contribution in [3.05, 3.63) is 34.5 Å². The number of likely N-dealkylation sites (tertiary alicyclic amines) is 1. The van der Waals surface area contributed by atoms with Crippen molar-refractivity contribution >= 4 is 29.2 Å². The number of carbonyl (C=O) groups is 3. The summed E-state index contributed by atoms with van der Waals surface area (Å²) >= 11 is 1.17. The van der Waals surface area contributed by atoms with Crippen LogP contribution in [0.4, 0.5) is 26.7 Å². The van der Waals surface area contributed by atoms with Gasteiger partial charge in [0, 0.05) is 43.5 Å². The Kier molecular flexibility index (Phi) is 8.31. The van der Waals surface area contributed by atoms with Crippen molar-refractivity contribution in [2.45, 2.75) is 76.7 Å². The van der Waals surface area contributed by atoms with Crippen molar-refractivity contribution in [2.75, 3.05) is 19.6 Å². The number of amides is 3. The summed E-state index contributed by atoms with van der Waals surface area (Å²) in [7, 11) is 0. The summed E-state index contributed by atoms with van der Waals surface area (Å²) < 4.78 is 69.9. The molecule has 1 N–H and O–H groups in total. The van der Waals surface area contributed by atoms with Crippen LogP contribution in [0.25, 0.3) is 10.7 Å². The van der Waals surface area contributed by atoms with E-state index in [1.807, 2.05) is 0 Å². The van der Waals surface area contributed by atoms with Gasteiger partial charge in [0.25, 0.3) is 5.92 Å². The van der Waals surface area contributed by atoms with Gasteiger partial charge >= 0.3 is 12.3 Å². The fraction of sp³-hybridized carbons (Fsp3) is 0.577. The predicted octanol–water partition coefficient (Wildman–Crippen LogP) is 4.90. The lowest BCUT2D eigenvalue weighted by Gasteiger charge is -2.43. The van der Waals surface area contributed by atoms with Crippen LogP contribution < -0.4 is 0 Å². The van der Waals surface area contributed by atoms with E-state index >= 15 is 0 Å². The van der Waals surface area contributed by atoms with Gasteiger partial charge in [0.1, 0.15) is 0 Å². The molecule has 0 radical (unpaired) electrons. The van der Waals surface area contributed by atoms with Gasteiger partial charge in [-0.15, -0.1) is 11.3 Å². The van der Waals surface area contributed by atoms with Gasteiger partial charge in [-0.1, -0.05) is 6.07 Å². The molecule has 0 bridgehead atoms. The Labute approximate surface area is 237 Å². The minimum Gasteiger partial charge on any atom is -0.465 e. The zero-order valence-corrected chi connectivity index (χ0v) is 23.5. The van der Waals surface area contributed by atoms with Crippen LogP contribution in [0.15, 0.2) is 17.5 Å². The average Bonchev–Trinajstić information content (AvgIpc) is 3.38. The number of alkyl halides is 5. The monoisotopic (exact) mass is 603 g/mol. The van der Waals surface area contributed by atoms with E-state index < -0.39 is 79.6 Å². The molecular weight excluding hydrogens is 573 g/mol. The Morgan fingerprint density at radius 2 is 1.90 bits per heavy atom. The van der Waals surface area contributed by atoms with E-state index in [9.17, 15) is 41.4 Å². The zero-order valence-electron chi connectivity index (χ0n) is 22.7.